The summed E-state index contributed by atoms with van der Waals surface area (Å²) in [5.74, 6) is 1.73. The van der Waals surface area contributed by atoms with Gasteiger partial charge in [-0.15, -0.1) is 0 Å². The van der Waals surface area contributed by atoms with E-state index in [0.717, 1.165) is 5.56 Å². The average Bonchev–Trinajstić information content (AvgIpc) is 2.44. The topological polar surface area (TPSA) is 59.6 Å². The summed E-state index contributed by atoms with van der Waals surface area (Å²) in [7, 11) is 3.18. The van der Waals surface area contributed by atoms with E-state index in [1.165, 1.54) is 0 Å². The molecule has 0 fully saturated rings. The normalized spacial score (nSPS) is 11.9. The van der Waals surface area contributed by atoms with Crippen LogP contribution < -0.4 is 20.1 Å². The third-order valence-electron chi connectivity index (χ3n) is 3.26. The van der Waals surface area contributed by atoms with Crippen LogP contribution in [0.15, 0.2) is 18.2 Å². The highest BCUT2D eigenvalue weighted by Gasteiger charge is 2.10. The van der Waals surface area contributed by atoms with Crippen molar-refractivity contribution in [3.8, 4) is 11.5 Å². The highest BCUT2D eigenvalue weighted by Crippen LogP contribution is 2.27. The van der Waals surface area contributed by atoms with Gasteiger partial charge in [0.2, 0.25) is 0 Å². The molecule has 0 aliphatic carbocycles. The molecule has 0 aliphatic heterocycles. The maximum Gasteiger partial charge on any atom is 0.315 e. The Kier molecular flexibility index (Phi) is 6.15. The highest BCUT2D eigenvalue weighted by atomic mass is 16.5. The molecule has 2 N–H and O–H groups in total. The minimum absolute atomic E-state index is 0.139. The molecule has 20 heavy (non-hydrogen) atoms. The number of carbonyl (C=O) groups excluding carboxylic acids is 1. The lowest BCUT2D eigenvalue weighted by Gasteiger charge is -2.18. The predicted octanol–water partition coefficient (Wildman–Crippen LogP) is 2.55. The van der Waals surface area contributed by atoms with Crippen LogP contribution in [0.2, 0.25) is 0 Å². The minimum atomic E-state index is -0.166. The number of hydrogen-bond donors (Lipinski definition) is 2. The van der Waals surface area contributed by atoms with Gasteiger partial charge in [-0.1, -0.05) is 19.9 Å². The van der Waals surface area contributed by atoms with Gasteiger partial charge in [-0.2, -0.15) is 0 Å². The van der Waals surface area contributed by atoms with Crippen LogP contribution in [0.1, 0.15) is 26.3 Å². The van der Waals surface area contributed by atoms with E-state index >= 15 is 0 Å². The summed E-state index contributed by atoms with van der Waals surface area (Å²) in [5.41, 5.74) is 0.954. The van der Waals surface area contributed by atoms with Crippen LogP contribution in [0.4, 0.5) is 4.79 Å². The number of ether oxygens (including phenoxy) is 2. The van der Waals surface area contributed by atoms with Crippen LogP contribution in [0.3, 0.4) is 0 Å². The van der Waals surface area contributed by atoms with E-state index in [0.29, 0.717) is 24.0 Å². The fourth-order valence-corrected chi connectivity index (χ4v) is 1.60. The van der Waals surface area contributed by atoms with Gasteiger partial charge in [0.1, 0.15) is 0 Å². The number of urea groups is 1. The van der Waals surface area contributed by atoms with Crippen molar-refractivity contribution in [2.24, 2.45) is 5.92 Å². The molecule has 1 aromatic rings. The number of nitrogens with one attached hydrogen (secondary N) is 2. The summed E-state index contributed by atoms with van der Waals surface area (Å²) < 4.78 is 10.4. The van der Waals surface area contributed by atoms with E-state index < -0.39 is 0 Å². The second kappa shape index (κ2) is 7.62. The maximum absolute atomic E-state index is 11.7. The third kappa shape index (κ3) is 4.64. The largest absolute Gasteiger partial charge is 0.493 e. The van der Waals surface area contributed by atoms with E-state index in [9.17, 15) is 4.79 Å². The van der Waals surface area contributed by atoms with Crippen molar-refractivity contribution in [3.05, 3.63) is 23.8 Å². The van der Waals surface area contributed by atoms with Crippen molar-refractivity contribution < 1.29 is 14.3 Å². The van der Waals surface area contributed by atoms with Crippen LogP contribution in [-0.2, 0) is 6.54 Å². The van der Waals surface area contributed by atoms with Gasteiger partial charge < -0.3 is 20.1 Å². The Morgan fingerprint density at radius 2 is 1.80 bits per heavy atom. The van der Waals surface area contributed by atoms with Crippen molar-refractivity contribution in [1.29, 1.82) is 0 Å². The molecule has 0 bridgehead atoms. The Balaban J connectivity index is 2.55. The third-order valence-corrected chi connectivity index (χ3v) is 3.26. The summed E-state index contributed by atoms with van der Waals surface area (Å²) in [5, 5.41) is 5.72. The lowest BCUT2D eigenvalue weighted by Crippen LogP contribution is -2.42. The number of hydrogen-bond acceptors (Lipinski definition) is 3. The van der Waals surface area contributed by atoms with E-state index in [1.807, 2.05) is 25.1 Å². The molecule has 0 saturated carbocycles. The van der Waals surface area contributed by atoms with Gasteiger partial charge in [-0.25, -0.2) is 4.79 Å². The van der Waals surface area contributed by atoms with Crippen LogP contribution in [0.5, 0.6) is 11.5 Å². The second-order valence-electron chi connectivity index (χ2n) is 5.05. The summed E-state index contributed by atoms with van der Waals surface area (Å²) in [6.45, 7) is 6.57. The average molecular weight is 280 g/mol. The van der Waals surface area contributed by atoms with E-state index in [2.05, 4.69) is 24.5 Å². The van der Waals surface area contributed by atoms with Gasteiger partial charge >= 0.3 is 6.03 Å². The zero-order valence-corrected chi connectivity index (χ0v) is 12.8. The summed E-state index contributed by atoms with van der Waals surface area (Å²) >= 11 is 0. The molecule has 0 saturated heterocycles. The number of benzene rings is 1. The van der Waals surface area contributed by atoms with Gasteiger partial charge in [0.05, 0.1) is 14.2 Å². The van der Waals surface area contributed by atoms with E-state index in [-0.39, 0.29) is 12.1 Å². The van der Waals surface area contributed by atoms with Gasteiger partial charge in [0, 0.05) is 12.6 Å². The van der Waals surface area contributed by atoms with Gasteiger partial charge in [-0.05, 0) is 30.5 Å². The van der Waals surface area contributed by atoms with Crippen LogP contribution in [0.25, 0.3) is 0 Å². The quantitative estimate of drug-likeness (QED) is 0.842. The lowest BCUT2D eigenvalue weighted by atomic mass is 10.1. The van der Waals surface area contributed by atoms with Crippen LogP contribution >= 0.6 is 0 Å². The van der Waals surface area contributed by atoms with Crippen molar-refractivity contribution in [1.82, 2.24) is 10.6 Å². The Morgan fingerprint density at radius 3 is 2.35 bits per heavy atom. The van der Waals surface area contributed by atoms with E-state index in [1.54, 1.807) is 14.2 Å². The molecule has 1 atom stereocenters. The SMILES string of the molecule is COc1ccc(CNC(=O)NC(C)C(C)C)cc1OC. The van der Waals surface area contributed by atoms with Crippen LogP contribution in [-0.4, -0.2) is 26.3 Å². The molecule has 0 aliphatic rings. The Bertz CT molecular complexity index is 447. The summed E-state index contributed by atoms with van der Waals surface area (Å²) in [6, 6.07) is 5.55. The van der Waals surface area contributed by atoms with E-state index in [4.69, 9.17) is 9.47 Å². The van der Waals surface area contributed by atoms with Crippen molar-refractivity contribution in [2.75, 3.05) is 14.2 Å². The molecule has 2 amide bonds. The van der Waals surface area contributed by atoms with Gasteiger partial charge in [0.25, 0.3) is 0 Å². The molecule has 0 heterocycles. The van der Waals surface area contributed by atoms with Gasteiger partial charge in [0.15, 0.2) is 11.5 Å². The smallest absolute Gasteiger partial charge is 0.315 e. The predicted molar refractivity (Wildman–Crippen MR) is 79.2 cm³/mol. The molecular weight excluding hydrogens is 256 g/mol. The summed E-state index contributed by atoms with van der Waals surface area (Å²) in [6.07, 6.45) is 0. The van der Waals surface area contributed by atoms with Crippen molar-refractivity contribution in [2.45, 2.75) is 33.4 Å². The summed E-state index contributed by atoms with van der Waals surface area (Å²) in [4.78, 5) is 11.7. The number of carbonyl (C=O) groups is 1. The van der Waals surface area contributed by atoms with Crippen molar-refractivity contribution in [3.63, 3.8) is 0 Å². The fraction of sp³-hybridized carbons (Fsp3) is 0.533. The molecule has 0 aromatic heterocycles. The molecule has 1 rings (SSSR count). The zero-order chi connectivity index (χ0) is 15.1. The zero-order valence-electron chi connectivity index (χ0n) is 12.8. The van der Waals surface area contributed by atoms with Crippen molar-refractivity contribution >= 4 is 6.03 Å². The molecule has 1 unspecified atom stereocenters. The first-order valence-corrected chi connectivity index (χ1v) is 6.73. The standard InChI is InChI=1S/C15H24N2O3/c1-10(2)11(3)17-15(18)16-9-12-6-7-13(19-4)14(8-12)20-5/h6-8,10-11H,9H2,1-5H3,(H2,16,17,18). The highest BCUT2D eigenvalue weighted by molar-refractivity contribution is 5.74. The first kappa shape index (κ1) is 16.1. The fourth-order valence-electron chi connectivity index (χ4n) is 1.60. The number of amides is 2. The molecule has 0 radical (unpaired) electrons. The Labute approximate surface area is 120 Å². The molecule has 0 spiro atoms. The lowest BCUT2D eigenvalue weighted by molar-refractivity contribution is 0.234. The minimum Gasteiger partial charge on any atom is -0.493 e. The first-order chi connectivity index (χ1) is 9.47. The van der Waals surface area contributed by atoms with Gasteiger partial charge in [-0.3, -0.25) is 0 Å². The molecular formula is C15H24N2O3. The molecule has 1 aromatic carbocycles. The first-order valence-electron chi connectivity index (χ1n) is 6.73. The molecule has 112 valence electrons. The molecule has 5 nitrogen and oxygen atoms in total. The maximum atomic E-state index is 11.7. The Hall–Kier alpha value is -1.91. The number of rotatable bonds is 6. The number of methoxy groups -OCH3 is 2. The van der Waals surface area contributed by atoms with Crippen LogP contribution in [0, 0.1) is 5.92 Å². The Morgan fingerprint density at radius 1 is 1.15 bits per heavy atom. The monoisotopic (exact) mass is 280 g/mol. The molecule has 5 heteroatoms. The second-order valence-corrected chi connectivity index (χ2v) is 5.05.